The molecule has 0 fully saturated rings. The van der Waals surface area contributed by atoms with Gasteiger partial charge in [-0.15, -0.1) is 0 Å². The Balaban J connectivity index is 0.00000243. The van der Waals surface area contributed by atoms with E-state index >= 15 is 0 Å². The van der Waals surface area contributed by atoms with Crippen molar-refractivity contribution >= 4 is 10.4 Å². The van der Waals surface area contributed by atoms with Crippen LogP contribution in [0, 0.1) is 0 Å². The predicted molar refractivity (Wildman–Crippen MR) is 88.2 cm³/mol. The average Bonchev–Trinajstić information content (AvgIpc) is 2.48. The van der Waals surface area contributed by atoms with Crippen LogP contribution in [0.3, 0.4) is 0 Å². The molecule has 0 radical (unpaired) electrons. The number of hydrogen-bond donors (Lipinski definition) is 6. The van der Waals surface area contributed by atoms with E-state index in [1.54, 1.807) is 0 Å². The fourth-order valence-electron chi connectivity index (χ4n) is 2.64. The number of aromatic hydroxyl groups is 3. The molecule has 1 aliphatic rings. The fraction of sp³-hybridized carbons (Fsp3) is 0.200. The topological polar surface area (TPSA) is 189 Å². The van der Waals surface area contributed by atoms with E-state index < -0.39 is 34.1 Å². The lowest BCUT2D eigenvalue weighted by Gasteiger charge is -2.31. The molecule has 26 heavy (non-hydrogen) atoms. The third-order valence-corrected chi connectivity index (χ3v) is 4.08. The number of ether oxygens (including phenoxy) is 1. The predicted octanol–water partition coefficient (Wildman–Crippen LogP) is 1.18. The van der Waals surface area contributed by atoms with Crippen LogP contribution < -0.4 is 15.1 Å². The molecule has 11 heteroatoms. The largest absolute Gasteiger partial charge is 0.508 e. The highest BCUT2D eigenvalue weighted by Gasteiger charge is 2.32. The van der Waals surface area contributed by atoms with E-state index in [-0.39, 0.29) is 35.4 Å². The summed E-state index contributed by atoms with van der Waals surface area (Å²) in [5, 5.41) is 39.3. The first kappa shape index (κ1) is 19.6. The van der Waals surface area contributed by atoms with E-state index in [2.05, 4.69) is 4.18 Å². The highest BCUT2D eigenvalue weighted by molar-refractivity contribution is 7.81. The monoisotopic (exact) mass is 387 g/mol. The van der Waals surface area contributed by atoms with Crippen molar-refractivity contribution < 1.29 is 42.3 Å². The Hall–Kier alpha value is -2.73. The lowest BCUT2D eigenvalue weighted by molar-refractivity contribution is 0.0197. The van der Waals surface area contributed by atoms with Gasteiger partial charge in [0.1, 0.15) is 23.4 Å². The van der Waals surface area contributed by atoms with Crippen LogP contribution in [0.25, 0.3) is 0 Å². The first-order chi connectivity index (χ1) is 11.6. The van der Waals surface area contributed by atoms with Crippen LogP contribution in [0.1, 0.15) is 17.2 Å². The quantitative estimate of drug-likeness (QED) is 0.417. The molecule has 0 unspecified atom stereocenters. The molecule has 142 valence electrons. The molecule has 2 aromatic carbocycles. The third-order valence-electron chi connectivity index (χ3n) is 3.69. The van der Waals surface area contributed by atoms with E-state index in [1.165, 1.54) is 12.1 Å². The molecule has 0 aliphatic carbocycles. The summed E-state index contributed by atoms with van der Waals surface area (Å²) in [7, 11) is -4.85. The Morgan fingerprint density at radius 2 is 1.77 bits per heavy atom. The van der Waals surface area contributed by atoms with Crippen molar-refractivity contribution in [3.8, 4) is 28.7 Å². The molecule has 10 nitrogen and oxygen atoms in total. The zero-order valence-corrected chi connectivity index (χ0v) is 14.0. The zero-order chi connectivity index (χ0) is 18.4. The standard InChI is InChI=1S/C15H14O9S.H3N/c16-8-4-11(18)9-6-12(19)15(23-13(9)5-8)7-1-2-10(17)14(3-7)24-25(20,21)22;/h1-5,12,15-19H,6H2,(H,20,21,22);1H3/t12-,15-;/m1./s1. The Kier molecular flexibility index (Phi) is 5.18. The Morgan fingerprint density at radius 3 is 2.42 bits per heavy atom. The van der Waals surface area contributed by atoms with Gasteiger partial charge in [-0.1, -0.05) is 6.07 Å². The number of fused-ring (bicyclic) bond motifs is 1. The van der Waals surface area contributed by atoms with Crippen LogP contribution in [0.2, 0.25) is 0 Å². The van der Waals surface area contributed by atoms with E-state index in [4.69, 9.17) is 9.29 Å². The molecule has 0 amide bonds. The third kappa shape index (κ3) is 3.91. The van der Waals surface area contributed by atoms with Crippen LogP contribution >= 0.6 is 0 Å². The summed E-state index contributed by atoms with van der Waals surface area (Å²) in [6.07, 6.45) is -2.08. The molecular formula is C15H17NO9S. The molecule has 1 aliphatic heterocycles. The zero-order valence-electron chi connectivity index (χ0n) is 13.2. The molecule has 0 aromatic heterocycles. The van der Waals surface area contributed by atoms with E-state index in [9.17, 15) is 28.8 Å². The van der Waals surface area contributed by atoms with Crippen molar-refractivity contribution in [3.63, 3.8) is 0 Å². The van der Waals surface area contributed by atoms with Crippen LogP contribution in [-0.4, -0.2) is 39.5 Å². The van der Waals surface area contributed by atoms with Gasteiger partial charge in [-0.2, -0.15) is 8.42 Å². The van der Waals surface area contributed by atoms with E-state index in [0.717, 1.165) is 18.2 Å². The Morgan fingerprint density at radius 1 is 1.08 bits per heavy atom. The maximum absolute atomic E-state index is 10.8. The van der Waals surface area contributed by atoms with Crippen molar-refractivity contribution in [1.29, 1.82) is 0 Å². The molecule has 2 aromatic rings. The summed E-state index contributed by atoms with van der Waals surface area (Å²) in [6.45, 7) is 0. The smallest absolute Gasteiger partial charge is 0.446 e. The van der Waals surface area contributed by atoms with Crippen LogP contribution in [0.15, 0.2) is 30.3 Å². The molecule has 0 spiro atoms. The molecule has 8 N–H and O–H groups in total. The minimum absolute atomic E-state index is 0. The summed E-state index contributed by atoms with van der Waals surface area (Å²) >= 11 is 0. The van der Waals surface area contributed by atoms with Gasteiger partial charge in [-0.05, 0) is 17.7 Å². The minimum atomic E-state index is -4.85. The second kappa shape index (κ2) is 6.88. The number of rotatable bonds is 3. The average molecular weight is 387 g/mol. The second-order valence-electron chi connectivity index (χ2n) is 5.49. The summed E-state index contributed by atoms with van der Waals surface area (Å²) in [5.74, 6) is -1.39. The van der Waals surface area contributed by atoms with Gasteiger partial charge in [0.2, 0.25) is 0 Å². The summed E-state index contributed by atoms with van der Waals surface area (Å²) in [6, 6.07) is 5.96. The van der Waals surface area contributed by atoms with Crippen LogP contribution in [0.5, 0.6) is 28.7 Å². The second-order valence-corrected chi connectivity index (χ2v) is 6.51. The van der Waals surface area contributed by atoms with Crippen LogP contribution in [0.4, 0.5) is 0 Å². The van der Waals surface area contributed by atoms with Crippen molar-refractivity contribution in [3.05, 3.63) is 41.5 Å². The first-order valence-electron chi connectivity index (χ1n) is 7.03. The lowest BCUT2D eigenvalue weighted by Crippen LogP contribution is -2.30. The summed E-state index contributed by atoms with van der Waals surface area (Å²) < 4.78 is 40.3. The fourth-order valence-corrected chi connectivity index (χ4v) is 3.00. The minimum Gasteiger partial charge on any atom is -0.508 e. The highest BCUT2D eigenvalue weighted by Crippen LogP contribution is 2.42. The molecular weight excluding hydrogens is 370 g/mol. The van der Waals surface area contributed by atoms with Gasteiger partial charge in [0.15, 0.2) is 11.5 Å². The molecule has 2 atom stereocenters. The number of phenols is 3. The number of benzene rings is 2. The van der Waals surface area contributed by atoms with Crippen molar-refractivity contribution in [2.24, 2.45) is 0 Å². The van der Waals surface area contributed by atoms with Gasteiger partial charge in [0.05, 0.1) is 6.10 Å². The van der Waals surface area contributed by atoms with Crippen molar-refractivity contribution in [2.75, 3.05) is 0 Å². The lowest BCUT2D eigenvalue weighted by atomic mass is 9.94. The van der Waals surface area contributed by atoms with Crippen molar-refractivity contribution in [1.82, 2.24) is 6.15 Å². The van der Waals surface area contributed by atoms with E-state index in [1.807, 2.05) is 0 Å². The molecule has 0 bridgehead atoms. The summed E-state index contributed by atoms with van der Waals surface area (Å²) in [4.78, 5) is 0. The number of aliphatic hydroxyl groups is 1. The molecule has 1 heterocycles. The number of aliphatic hydroxyl groups excluding tert-OH is 1. The molecule has 3 rings (SSSR count). The Bertz CT molecular complexity index is 929. The maximum Gasteiger partial charge on any atom is 0.446 e. The SMILES string of the molecule is N.O=S(=O)(O)Oc1cc([C@H]2Oc3cc(O)cc(O)c3C[C@H]2O)ccc1O. The Labute approximate surface area is 148 Å². The van der Waals surface area contributed by atoms with E-state index in [0.29, 0.717) is 5.56 Å². The highest BCUT2D eigenvalue weighted by atomic mass is 32.3. The van der Waals surface area contributed by atoms with Gasteiger partial charge in [-0.3, -0.25) is 4.55 Å². The normalized spacial score (nSPS) is 19.0. The van der Waals surface area contributed by atoms with Gasteiger partial charge < -0.3 is 35.5 Å². The summed E-state index contributed by atoms with van der Waals surface area (Å²) in [5.41, 5.74) is 0.562. The first-order valence-corrected chi connectivity index (χ1v) is 8.40. The maximum atomic E-state index is 10.8. The molecule has 0 saturated heterocycles. The van der Waals surface area contributed by atoms with Crippen molar-refractivity contribution in [2.45, 2.75) is 18.6 Å². The van der Waals surface area contributed by atoms with Crippen LogP contribution in [-0.2, 0) is 16.8 Å². The molecule has 0 saturated carbocycles. The van der Waals surface area contributed by atoms with Gasteiger partial charge in [-0.25, -0.2) is 0 Å². The van der Waals surface area contributed by atoms with Gasteiger partial charge in [0, 0.05) is 24.1 Å². The number of phenolic OH excluding ortho intramolecular Hbond substituents is 3. The number of hydrogen-bond acceptors (Lipinski definition) is 9. The van der Waals surface area contributed by atoms with Gasteiger partial charge >= 0.3 is 10.4 Å². The van der Waals surface area contributed by atoms with Gasteiger partial charge in [0.25, 0.3) is 0 Å².